The number of alkyl carbamates (subject to hydrolysis) is 1. The number of carbonyl (C=O) groups excluding carboxylic acids is 2. The zero-order chi connectivity index (χ0) is 12.4. The molecular formula is C11H15NO4. The number of methoxy groups -OCH3 is 1. The van der Waals surface area contributed by atoms with Crippen molar-refractivity contribution in [3.8, 4) is 0 Å². The molecular weight excluding hydrogens is 210 g/mol. The third kappa shape index (κ3) is 4.56. The van der Waals surface area contributed by atoms with Crippen molar-refractivity contribution in [2.75, 3.05) is 14.2 Å². The smallest absolute Gasteiger partial charge is 0.407 e. The van der Waals surface area contributed by atoms with Crippen LogP contribution >= 0.6 is 0 Å². The largest absolute Gasteiger partial charge is 0.453 e. The standard InChI is InChI=1S/C10H11NO3.CH4O/c1-14-10(13)11-9(7-12)8-5-3-2-4-6-8;1-2/h2-7,9H,1H3,(H,11,13);2H,1H3. The molecule has 0 radical (unpaired) electrons. The first-order valence-electron chi connectivity index (χ1n) is 4.57. The highest BCUT2D eigenvalue weighted by atomic mass is 16.5. The summed E-state index contributed by atoms with van der Waals surface area (Å²) in [7, 11) is 2.25. The number of rotatable bonds is 3. The Labute approximate surface area is 94.0 Å². The zero-order valence-corrected chi connectivity index (χ0v) is 9.21. The first-order chi connectivity index (χ1) is 7.77. The fourth-order valence-corrected chi connectivity index (χ4v) is 1.04. The summed E-state index contributed by atoms with van der Waals surface area (Å²) in [6.45, 7) is 0. The third-order valence-corrected chi connectivity index (χ3v) is 1.75. The molecule has 0 fully saturated rings. The average Bonchev–Trinajstić information content (AvgIpc) is 2.39. The summed E-state index contributed by atoms with van der Waals surface area (Å²) in [6, 6.07) is 8.30. The molecule has 88 valence electrons. The minimum Gasteiger partial charge on any atom is -0.453 e. The van der Waals surface area contributed by atoms with Crippen molar-refractivity contribution in [2.45, 2.75) is 6.04 Å². The Morgan fingerprint density at radius 2 is 1.94 bits per heavy atom. The third-order valence-electron chi connectivity index (χ3n) is 1.75. The van der Waals surface area contributed by atoms with Crippen molar-refractivity contribution in [1.82, 2.24) is 5.32 Å². The van der Waals surface area contributed by atoms with Gasteiger partial charge < -0.3 is 20.0 Å². The molecule has 1 aromatic rings. The Balaban J connectivity index is 0.00000106. The van der Waals surface area contributed by atoms with E-state index in [4.69, 9.17) is 5.11 Å². The fraction of sp³-hybridized carbons (Fsp3) is 0.273. The van der Waals surface area contributed by atoms with Crippen molar-refractivity contribution in [3.63, 3.8) is 0 Å². The predicted octanol–water partition coefficient (Wildman–Crippen LogP) is 0.891. The van der Waals surface area contributed by atoms with Crippen molar-refractivity contribution in [1.29, 1.82) is 0 Å². The highest BCUT2D eigenvalue weighted by Crippen LogP contribution is 2.09. The van der Waals surface area contributed by atoms with Crippen LogP contribution in [0.2, 0.25) is 0 Å². The summed E-state index contributed by atoms with van der Waals surface area (Å²) in [5.74, 6) is 0. The van der Waals surface area contributed by atoms with Crippen LogP contribution in [0.4, 0.5) is 4.79 Å². The normalized spacial score (nSPS) is 10.4. The zero-order valence-electron chi connectivity index (χ0n) is 9.21. The number of nitrogens with one attached hydrogen (secondary N) is 1. The Kier molecular flexibility index (Phi) is 7.44. The highest BCUT2D eigenvalue weighted by molar-refractivity contribution is 5.74. The topological polar surface area (TPSA) is 75.6 Å². The van der Waals surface area contributed by atoms with Gasteiger partial charge in [0.2, 0.25) is 0 Å². The van der Waals surface area contributed by atoms with Crippen molar-refractivity contribution in [3.05, 3.63) is 35.9 Å². The van der Waals surface area contributed by atoms with Gasteiger partial charge in [-0.2, -0.15) is 0 Å². The second-order valence-electron chi connectivity index (χ2n) is 2.66. The summed E-state index contributed by atoms with van der Waals surface area (Å²) in [6.07, 6.45) is 0.0395. The lowest BCUT2D eigenvalue weighted by molar-refractivity contribution is -0.109. The molecule has 0 spiro atoms. The average molecular weight is 225 g/mol. The first kappa shape index (κ1) is 14.1. The molecule has 16 heavy (non-hydrogen) atoms. The number of ether oxygens (including phenoxy) is 1. The van der Waals surface area contributed by atoms with Crippen LogP contribution in [0, 0.1) is 0 Å². The minimum atomic E-state index is -0.649. The van der Waals surface area contributed by atoms with E-state index in [1.807, 2.05) is 6.07 Å². The summed E-state index contributed by atoms with van der Waals surface area (Å²) < 4.78 is 4.40. The van der Waals surface area contributed by atoms with Gasteiger partial charge in [-0.3, -0.25) is 0 Å². The summed E-state index contributed by atoms with van der Waals surface area (Å²) >= 11 is 0. The molecule has 0 bridgehead atoms. The van der Waals surface area contributed by atoms with Crippen LogP contribution in [0.3, 0.4) is 0 Å². The van der Waals surface area contributed by atoms with Crippen LogP contribution in [0.5, 0.6) is 0 Å². The van der Waals surface area contributed by atoms with E-state index >= 15 is 0 Å². The van der Waals surface area contributed by atoms with Gasteiger partial charge in [-0.15, -0.1) is 0 Å². The highest BCUT2D eigenvalue weighted by Gasteiger charge is 2.12. The summed E-state index contributed by atoms with van der Waals surface area (Å²) in [4.78, 5) is 21.5. The molecule has 1 atom stereocenters. The maximum atomic E-state index is 10.9. The number of aliphatic hydroxyl groups is 1. The number of aliphatic hydroxyl groups excluding tert-OH is 1. The number of aldehydes is 1. The molecule has 1 amide bonds. The van der Waals surface area contributed by atoms with Crippen molar-refractivity contribution in [2.24, 2.45) is 0 Å². The number of hydrogen-bond donors (Lipinski definition) is 2. The molecule has 0 saturated heterocycles. The van der Waals surface area contributed by atoms with Gasteiger partial charge in [0.15, 0.2) is 0 Å². The molecule has 1 rings (SSSR count). The van der Waals surface area contributed by atoms with Gasteiger partial charge in [-0.05, 0) is 5.56 Å². The fourth-order valence-electron chi connectivity index (χ4n) is 1.04. The lowest BCUT2D eigenvalue weighted by Crippen LogP contribution is -2.29. The molecule has 0 saturated carbocycles. The van der Waals surface area contributed by atoms with Crippen LogP contribution < -0.4 is 5.32 Å². The van der Waals surface area contributed by atoms with E-state index in [0.717, 1.165) is 12.7 Å². The summed E-state index contributed by atoms with van der Waals surface area (Å²) in [5, 5.41) is 9.40. The molecule has 0 aliphatic rings. The monoisotopic (exact) mass is 225 g/mol. The summed E-state index contributed by atoms with van der Waals surface area (Å²) in [5.41, 5.74) is 0.730. The van der Waals surface area contributed by atoms with Crippen LogP contribution in [0.1, 0.15) is 11.6 Å². The first-order valence-corrected chi connectivity index (χ1v) is 4.57. The van der Waals surface area contributed by atoms with Gasteiger partial charge in [-0.1, -0.05) is 30.3 Å². The lowest BCUT2D eigenvalue weighted by atomic mass is 10.1. The number of amides is 1. The molecule has 1 aromatic carbocycles. The minimum absolute atomic E-state index is 0.619. The second-order valence-corrected chi connectivity index (χ2v) is 2.66. The van der Waals surface area contributed by atoms with E-state index in [2.05, 4.69) is 10.1 Å². The molecule has 5 nitrogen and oxygen atoms in total. The molecule has 5 heteroatoms. The molecule has 0 heterocycles. The van der Waals surface area contributed by atoms with Crippen LogP contribution in [-0.2, 0) is 9.53 Å². The van der Waals surface area contributed by atoms with Crippen LogP contribution in [-0.4, -0.2) is 31.7 Å². The van der Waals surface area contributed by atoms with Crippen LogP contribution in [0.25, 0.3) is 0 Å². The SMILES string of the molecule is CO.COC(=O)NC(C=O)c1ccccc1. The van der Waals surface area contributed by atoms with E-state index in [-0.39, 0.29) is 0 Å². The van der Waals surface area contributed by atoms with Gasteiger partial charge in [0, 0.05) is 7.11 Å². The molecule has 2 N–H and O–H groups in total. The predicted molar refractivity (Wildman–Crippen MR) is 58.9 cm³/mol. The van der Waals surface area contributed by atoms with Gasteiger partial charge in [0.05, 0.1) is 7.11 Å². The molecule has 0 aliphatic carbocycles. The number of hydrogen-bond acceptors (Lipinski definition) is 4. The van der Waals surface area contributed by atoms with Gasteiger partial charge in [0.25, 0.3) is 0 Å². The quantitative estimate of drug-likeness (QED) is 0.749. The Bertz CT molecular complexity index is 313. The van der Waals surface area contributed by atoms with E-state index in [1.165, 1.54) is 7.11 Å². The second kappa shape index (κ2) is 8.43. The number of benzene rings is 1. The molecule has 0 aliphatic heterocycles. The van der Waals surface area contributed by atoms with E-state index in [9.17, 15) is 9.59 Å². The van der Waals surface area contributed by atoms with Gasteiger partial charge in [-0.25, -0.2) is 4.79 Å². The lowest BCUT2D eigenvalue weighted by Gasteiger charge is -2.11. The van der Waals surface area contributed by atoms with E-state index < -0.39 is 12.1 Å². The molecule has 1 unspecified atom stereocenters. The van der Waals surface area contributed by atoms with Crippen LogP contribution in [0.15, 0.2) is 30.3 Å². The Hall–Kier alpha value is -1.88. The van der Waals surface area contributed by atoms with E-state index in [0.29, 0.717) is 6.29 Å². The maximum Gasteiger partial charge on any atom is 0.407 e. The van der Waals surface area contributed by atoms with Gasteiger partial charge >= 0.3 is 6.09 Å². The maximum absolute atomic E-state index is 10.9. The number of carbonyl (C=O) groups is 2. The molecule has 0 aromatic heterocycles. The van der Waals surface area contributed by atoms with Crippen molar-refractivity contribution < 1.29 is 19.4 Å². The van der Waals surface area contributed by atoms with E-state index in [1.54, 1.807) is 24.3 Å². The van der Waals surface area contributed by atoms with Crippen molar-refractivity contribution >= 4 is 12.4 Å². The van der Waals surface area contributed by atoms with Gasteiger partial charge in [0.1, 0.15) is 12.3 Å². The Morgan fingerprint density at radius 1 is 1.38 bits per heavy atom. The Morgan fingerprint density at radius 3 is 2.38 bits per heavy atom.